The van der Waals surface area contributed by atoms with Crippen molar-refractivity contribution in [1.82, 2.24) is 4.90 Å². The zero-order valence-corrected chi connectivity index (χ0v) is 11.2. The molecular weight excluding hydrogens is 268 g/mol. The zero-order chi connectivity index (χ0) is 14.7. The first kappa shape index (κ1) is 14.9. The second-order valence-electron chi connectivity index (χ2n) is 4.75. The molecule has 0 bridgehead atoms. The maximum atomic E-state index is 13.5. The zero-order valence-electron chi connectivity index (χ0n) is 11.2. The highest BCUT2D eigenvalue weighted by Gasteiger charge is 2.34. The van der Waals surface area contributed by atoms with Crippen LogP contribution in [0.15, 0.2) is 18.2 Å². The molecule has 1 saturated heterocycles. The summed E-state index contributed by atoms with van der Waals surface area (Å²) in [5.41, 5.74) is 0.0179. The molecule has 0 spiro atoms. The van der Waals surface area contributed by atoms with Crippen LogP contribution in [0.2, 0.25) is 0 Å². The summed E-state index contributed by atoms with van der Waals surface area (Å²) in [5, 5.41) is 9.75. The summed E-state index contributed by atoms with van der Waals surface area (Å²) in [6.45, 7) is 2.67. The molecule has 1 fully saturated rings. The molecule has 1 aromatic rings. The normalized spacial score (nSPS) is 22.3. The number of aliphatic hydroxyl groups excluding tert-OH is 1. The van der Waals surface area contributed by atoms with Gasteiger partial charge in [0.1, 0.15) is 6.10 Å². The number of halogens is 2. The van der Waals surface area contributed by atoms with Crippen molar-refractivity contribution in [3.8, 4) is 0 Å². The molecule has 20 heavy (non-hydrogen) atoms. The summed E-state index contributed by atoms with van der Waals surface area (Å²) in [4.78, 5) is 13.5. The van der Waals surface area contributed by atoms with E-state index in [4.69, 9.17) is 4.74 Å². The molecule has 4 nitrogen and oxygen atoms in total. The van der Waals surface area contributed by atoms with Gasteiger partial charge in [-0.1, -0.05) is 12.1 Å². The number of nitrogens with zero attached hydrogens (tertiary/aromatic N) is 1. The van der Waals surface area contributed by atoms with Gasteiger partial charge in [-0.25, -0.2) is 8.78 Å². The van der Waals surface area contributed by atoms with E-state index in [1.54, 1.807) is 6.92 Å². The number of aliphatic hydroxyl groups is 1. The Kier molecular flexibility index (Phi) is 4.67. The number of benzene rings is 1. The topological polar surface area (TPSA) is 49.8 Å². The Morgan fingerprint density at radius 3 is 2.90 bits per heavy atom. The van der Waals surface area contributed by atoms with Crippen LogP contribution in [0.5, 0.6) is 0 Å². The quantitative estimate of drug-likeness (QED) is 0.902. The molecule has 6 heteroatoms. The van der Waals surface area contributed by atoms with Crippen molar-refractivity contribution in [3.63, 3.8) is 0 Å². The maximum absolute atomic E-state index is 13.5. The minimum atomic E-state index is -0.998. The first-order valence-corrected chi connectivity index (χ1v) is 6.53. The maximum Gasteiger partial charge on any atom is 0.227 e. The molecule has 1 amide bonds. The van der Waals surface area contributed by atoms with Crippen molar-refractivity contribution in [2.45, 2.75) is 25.6 Å². The van der Waals surface area contributed by atoms with E-state index in [9.17, 15) is 18.7 Å². The van der Waals surface area contributed by atoms with Gasteiger partial charge in [0, 0.05) is 25.3 Å². The van der Waals surface area contributed by atoms with Gasteiger partial charge >= 0.3 is 0 Å². The lowest BCUT2D eigenvalue weighted by Crippen LogP contribution is -2.31. The van der Waals surface area contributed by atoms with Crippen LogP contribution in [0.1, 0.15) is 12.5 Å². The van der Waals surface area contributed by atoms with E-state index in [0.717, 1.165) is 6.07 Å². The lowest BCUT2D eigenvalue weighted by molar-refractivity contribution is -0.130. The molecule has 2 atom stereocenters. The third-order valence-corrected chi connectivity index (χ3v) is 3.34. The first-order valence-electron chi connectivity index (χ1n) is 6.53. The van der Waals surface area contributed by atoms with E-state index >= 15 is 0 Å². The number of hydrogen-bond donors (Lipinski definition) is 1. The van der Waals surface area contributed by atoms with Crippen LogP contribution in [0, 0.1) is 11.6 Å². The molecule has 0 aromatic heterocycles. The van der Waals surface area contributed by atoms with E-state index in [-0.39, 0.29) is 31.0 Å². The fourth-order valence-electron chi connectivity index (χ4n) is 2.30. The minimum absolute atomic E-state index is 0.0179. The highest BCUT2D eigenvalue weighted by Crippen LogP contribution is 2.17. The number of β-amino-alcohol motifs (C(OH)–C–C–N with tert-alkyl or cyclic N) is 1. The van der Waals surface area contributed by atoms with Gasteiger partial charge in [0.25, 0.3) is 0 Å². The van der Waals surface area contributed by atoms with Crippen molar-refractivity contribution in [1.29, 1.82) is 0 Å². The van der Waals surface area contributed by atoms with Gasteiger partial charge < -0.3 is 14.7 Å². The van der Waals surface area contributed by atoms with Crippen LogP contribution in [0.4, 0.5) is 8.78 Å². The Balaban J connectivity index is 2.01. The van der Waals surface area contributed by atoms with E-state index in [0.29, 0.717) is 6.61 Å². The third-order valence-electron chi connectivity index (χ3n) is 3.34. The van der Waals surface area contributed by atoms with Crippen LogP contribution in [0.3, 0.4) is 0 Å². The molecule has 0 saturated carbocycles. The van der Waals surface area contributed by atoms with E-state index in [1.165, 1.54) is 17.0 Å². The Bertz CT molecular complexity index is 495. The van der Waals surface area contributed by atoms with Crippen molar-refractivity contribution in [3.05, 3.63) is 35.4 Å². The van der Waals surface area contributed by atoms with Gasteiger partial charge in [-0.3, -0.25) is 4.79 Å². The largest absolute Gasteiger partial charge is 0.388 e. The number of likely N-dealkylation sites (tertiary alicyclic amines) is 1. The highest BCUT2D eigenvalue weighted by molar-refractivity contribution is 5.79. The summed E-state index contributed by atoms with van der Waals surface area (Å²) in [6.07, 6.45) is -1.38. The fraction of sp³-hybridized carbons (Fsp3) is 0.500. The smallest absolute Gasteiger partial charge is 0.227 e. The van der Waals surface area contributed by atoms with Gasteiger partial charge in [0.05, 0.1) is 12.5 Å². The predicted molar refractivity (Wildman–Crippen MR) is 68.1 cm³/mol. The second kappa shape index (κ2) is 6.28. The molecule has 1 aliphatic rings. The van der Waals surface area contributed by atoms with Crippen LogP contribution >= 0.6 is 0 Å². The average molecular weight is 285 g/mol. The number of hydrogen-bond acceptors (Lipinski definition) is 3. The third kappa shape index (κ3) is 3.13. The summed E-state index contributed by atoms with van der Waals surface area (Å²) >= 11 is 0. The number of carbonyl (C=O) groups excluding carboxylic acids is 1. The molecule has 110 valence electrons. The lowest BCUT2D eigenvalue weighted by atomic mass is 10.1. The van der Waals surface area contributed by atoms with Crippen LogP contribution in [-0.2, 0) is 16.0 Å². The SMILES string of the molecule is CCO[C@H]1CN(C(=O)Cc2cccc(F)c2F)C[C@@H]1O. The molecule has 0 aliphatic carbocycles. The van der Waals surface area contributed by atoms with Gasteiger partial charge in [0.15, 0.2) is 11.6 Å². The van der Waals surface area contributed by atoms with Crippen molar-refractivity contribution in [2.75, 3.05) is 19.7 Å². The minimum Gasteiger partial charge on any atom is -0.388 e. The van der Waals surface area contributed by atoms with Crippen LogP contribution in [-0.4, -0.2) is 47.8 Å². The van der Waals surface area contributed by atoms with Crippen molar-refractivity contribution < 1.29 is 23.4 Å². The van der Waals surface area contributed by atoms with Gasteiger partial charge in [0.2, 0.25) is 5.91 Å². The molecule has 1 aromatic carbocycles. The highest BCUT2D eigenvalue weighted by atomic mass is 19.2. The number of rotatable bonds is 4. The molecule has 0 radical (unpaired) electrons. The Morgan fingerprint density at radius 1 is 1.45 bits per heavy atom. The molecule has 1 aliphatic heterocycles. The molecule has 0 unspecified atom stereocenters. The first-order chi connectivity index (χ1) is 9.52. The standard InChI is InChI=1S/C14H17F2NO3/c1-2-20-12-8-17(7-11(12)18)13(19)6-9-4-3-5-10(15)14(9)16/h3-5,11-12,18H,2,6-8H2,1H3/t11-,12-/m0/s1. The summed E-state index contributed by atoms with van der Waals surface area (Å²) in [6, 6.07) is 3.75. The summed E-state index contributed by atoms with van der Waals surface area (Å²) in [7, 11) is 0. The summed E-state index contributed by atoms with van der Waals surface area (Å²) < 4.78 is 31.9. The Morgan fingerprint density at radius 2 is 2.20 bits per heavy atom. The number of ether oxygens (including phenoxy) is 1. The Hall–Kier alpha value is -1.53. The van der Waals surface area contributed by atoms with Crippen molar-refractivity contribution in [2.24, 2.45) is 0 Å². The van der Waals surface area contributed by atoms with E-state index < -0.39 is 23.8 Å². The van der Waals surface area contributed by atoms with Gasteiger partial charge in [-0.15, -0.1) is 0 Å². The lowest BCUT2D eigenvalue weighted by Gasteiger charge is -2.16. The fourth-order valence-corrected chi connectivity index (χ4v) is 2.30. The van der Waals surface area contributed by atoms with Crippen molar-refractivity contribution >= 4 is 5.91 Å². The molecule has 1 heterocycles. The van der Waals surface area contributed by atoms with Crippen LogP contribution < -0.4 is 0 Å². The molecule has 2 rings (SSSR count). The van der Waals surface area contributed by atoms with Gasteiger partial charge in [-0.05, 0) is 13.0 Å². The van der Waals surface area contributed by atoms with Crippen LogP contribution in [0.25, 0.3) is 0 Å². The van der Waals surface area contributed by atoms with E-state index in [1.807, 2.05) is 0 Å². The van der Waals surface area contributed by atoms with Gasteiger partial charge in [-0.2, -0.15) is 0 Å². The second-order valence-corrected chi connectivity index (χ2v) is 4.75. The summed E-state index contributed by atoms with van der Waals surface area (Å²) in [5.74, 6) is -2.32. The number of amides is 1. The number of carbonyl (C=O) groups is 1. The van der Waals surface area contributed by atoms with E-state index in [2.05, 4.69) is 0 Å². The molecule has 1 N–H and O–H groups in total. The Labute approximate surface area is 116 Å². The monoisotopic (exact) mass is 285 g/mol. The predicted octanol–water partition coefficient (Wildman–Crippen LogP) is 1.12. The molecular formula is C14H17F2NO3. The average Bonchev–Trinajstić information content (AvgIpc) is 2.77.